The summed E-state index contributed by atoms with van der Waals surface area (Å²) in [6, 6.07) is 21.6. The van der Waals surface area contributed by atoms with Crippen LogP contribution in [0.3, 0.4) is 0 Å². The first-order chi connectivity index (χ1) is 14.5. The molecule has 0 saturated heterocycles. The van der Waals surface area contributed by atoms with Gasteiger partial charge in [0, 0.05) is 22.9 Å². The maximum absolute atomic E-state index is 13.2. The first-order valence-corrected chi connectivity index (χ1v) is 12.5. The standard InChI is InChI=1S/C24H23N3OS2/c1-4-22-26-23(18-10-8-9-17(2)15-18)24(29-22)19-13-14-25-21(16-19)27-30(3,28)20-11-6-5-7-12-20/h5-16H,4H2,1-3H3. The number of hydrogen-bond donors (Lipinski definition) is 0. The Balaban J connectivity index is 1.81. The summed E-state index contributed by atoms with van der Waals surface area (Å²) in [6.07, 6.45) is 4.25. The Morgan fingerprint density at radius 3 is 2.53 bits per heavy atom. The molecule has 1 atom stereocenters. The van der Waals surface area contributed by atoms with Crippen LogP contribution in [0.25, 0.3) is 21.7 Å². The Morgan fingerprint density at radius 1 is 1.00 bits per heavy atom. The van der Waals surface area contributed by atoms with Gasteiger partial charge in [0.1, 0.15) is 0 Å². The Labute approximate surface area is 181 Å². The fourth-order valence-corrected chi connectivity index (χ4v) is 5.46. The highest BCUT2D eigenvalue weighted by Gasteiger charge is 2.15. The predicted molar refractivity (Wildman–Crippen MR) is 126 cm³/mol. The second-order valence-electron chi connectivity index (χ2n) is 7.12. The van der Waals surface area contributed by atoms with Gasteiger partial charge in [-0.2, -0.15) is 4.36 Å². The Morgan fingerprint density at radius 2 is 1.80 bits per heavy atom. The van der Waals surface area contributed by atoms with Crippen molar-refractivity contribution in [2.45, 2.75) is 25.2 Å². The van der Waals surface area contributed by atoms with Crippen molar-refractivity contribution in [2.24, 2.45) is 4.36 Å². The molecule has 4 nitrogen and oxygen atoms in total. The van der Waals surface area contributed by atoms with Gasteiger partial charge in [-0.3, -0.25) is 0 Å². The van der Waals surface area contributed by atoms with Crippen molar-refractivity contribution in [2.75, 3.05) is 6.26 Å². The summed E-state index contributed by atoms with van der Waals surface area (Å²) >= 11 is 1.68. The van der Waals surface area contributed by atoms with Crippen LogP contribution in [-0.4, -0.2) is 20.4 Å². The monoisotopic (exact) mass is 433 g/mol. The van der Waals surface area contributed by atoms with Crippen LogP contribution in [0.5, 0.6) is 0 Å². The molecule has 4 rings (SSSR count). The number of pyridine rings is 1. The van der Waals surface area contributed by atoms with Crippen LogP contribution in [0.15, 0.2) is 82.2 Å². The minimum Gasteiger partial charge on any atom is -0.245 e. The molecule has 0 radical (unpaired) electrons. The quantitative estimate of drug-likeness (QED) is 0.359. The van der Waals surface area contributed by atoms with Gasteiger partial charge in [-0.25, -0.2) is 14.2 Å². The van der Waals surface area contributed by atoms with Gasteiger partial charge in [0.15, 0.2) is 5.82 Å². The molecule has 0 N–H and O–H groups in total. The van der Waals surface area contributed by atoms with Crippen molar-refractivity contribution in [3.63, 3.8) is 0 Å². The molecule has 0 fully saturated rings. The minimum atomic E-state index is -2.58. The molecular formula is C24H23N3OS2. The van der Waals surface area contributed by atoms with E-state index in [1.165, 1.54) is 5.56 Å². The zero-order valence-electron chi connectivity index (χ0n) is 17.2. The Hall–Kier alpha value is -2.83. The number of nitrogens with zero attached hydrogens (tertiary/aromatic N) is 3. The molecule has 2 heterocycles. The number of aromatic nitrogens is 2. The molecule has 0 spiro atoms. The molecule has 2 aromatic carbocycles. The second-order valence-corrected chi connectivity index (χ2v) is 10.5. The largest absolute Gasteiger partial charge is 0.245 e. The van der Waals surface area contributed by atoms with E-state index in [9.17, 15) is 4.21 Å². The van der Waals surface area contributed by atoms with E-state index in [4.69, 9.17) is 4.98 Å². The molecule has 6 heteroatoms. The highest BCUT2D eigenvalue weighted by atomic mass is 32.2. The predicted octanol–water partition coefficient (Wildman–Crippen LogP) is 6.53. The third-order valence-corrected chi connectivity index (χ3v) is 7.65. The summed E-state index contributed by atoms with van der Waals surface area (Å²) in [7, 11) is -2.58. The molecule has 1 unspecified atom stereocenters. The van der Waals surface area contributed by atoms with E-state index >= 15 is 0 Å². The van der Waals surface area contributed by atoms with E-state index in [1.807, 2.05) is 42.5 Å². The molecule has 0 aliphatic carbocycles. The van der Waals surface area contributed by atoms with Crippen LogP contribution < -0.4 is 0 Å². The van der Waals surface area contributed by atoms with Gasteiger partial charge in [-0.1, -0.05) is 48.9 Å². The molecule has 152 valence electrons. The lowest BCUT2D eigenvalue weighted by Gasteiger charge is -2.06. The summed E-state index contributed by atoms with van der Waals surface area (Å²) in [5.74, 6) is 0.463. The van der Waals surface area contributed by atoms with Gasteiger partial charge in [0.25, 0.3) is 0 Å². The summed E-state index contributed by atoms with van der Waals surface area (Å²) in [6.45, 7) is 4.20. The Bertz CT molecular complexity index is 1300. The Kier molecular flexibility index (Phi) is 5.79. The maximum Gasteiger partial charge on any atom is 0.162 e. The third-order valence-electron chi connectivity index (χ3n) is 4.72. The smallest absolute Gasteiger partial charge is 0.162 e. The average molecular weight is 434 g/mol. The normalized spacial score (nSPS) is 13.0. The zero-order valence-corrected chi connectivity index (χ0v) is 18.8. The van der Waals surface area contributed by atoms with E-state index in [1.54, 1.807) is 23.8 Å². The highest BCUT2D eigenvalue weighted by Crippen LogP contribution is 2.38. The van der Waals surface area contributed by atoms with Crippen LogP contribution in [-0.2, 0) is 16.1 Å². The van der Waals surface area contributed by atoms with Crippen molar-refractivity contribution in [1.82, 2.24) is 9.97 Å². The van der Waals surface area contributed by atoms with E-state index in [0.717, 1.165) is 33.1 Å². The number of benzene rings is 2. The minimum absolute atomic E-state index is 0.463. The second kappa shape index (κ2) is 8.50. The van der Waals surface area contributed by atoms with Gasteiger partial charge < -0.3 is 0 Å². The van der Waals surface area contributed by atoms with Crippen molar-refractivity contribution < 1.29 is 4.21 Å². The van der Waals surface area contributed by atoms with Crippen molar-refractivity contribution in [1.29, 1.82) is 0 Å². The first-order valence-electron chi connectivity index (χ1n) is 9.76. The lowest BCUT2D eigenvalue weighted by atomic mass is 10.1. The molecule has 0 saturated carbocycles. The van der Waals surface area contributed by atoms with Crippen LogP contribution in [0.4, 0.5) is 5.82 Å². The lowest BCUT2D eigenvalue weighted by molar-refractivity contribution is 0.680. The molecule has 2 aromatic heterocycles. The summed E-state index contributed by atoms with van der Waals surface area (Å²) in [5, 5.41) is 1.08. The summed E-state index contributed by atoms with van der Waals surface area (Å²) < 4.78 is 17.7. The van der Waals surface area contributed by atoms with E-state index in [-0.39, 0.29) is 0 Å². The number of thiazole rings is 1. The van der Waals surface area contributed by atoms with Gasteiger partial charge in [0.2, 0.25) is 0 Å². The molecule has 30 heavy (non-hydrogen) atoms. The van der Waals surface area contributed by atoms with Gasteiger partial charge in [0.05, 0.1) is 25.3 Å². The van der Waals surface area contributed by atoms with Crippen molar-refractivity contribution in [3.05, 3.63) is 83.5 Å². The van der Waals surface area contributed by atoms with Crippen LogP contribution in [0.2, 0.25) is 0 Å². The van der Waals surface area contributed by atoms with Gasteiger partial charge in [-0.05, 0) is 49.2 Å². The molecule has 4 aromatic rings. The first kappa shape index (κ1) is 20.4. The zero-order chi connectivity index (χ0) is 21.1. The van der Waals surface area contributed by atoms with Crippen LogP contribution in [0, 0.1) is 6.92 Å². The van der Waals surface area contributed by atoms with Crippen LogP contribution in [0.1, 0.15) is 17.5 Å². The third kappa shape index (κ3) is 4.35. The van der Waals surface area contributed by atoms with Gasteiger partial charge >= 0.3 is 0 Å². The fourth-order valence-electron chi connectivity index (χ4n) is 3.21. The fraction of sp³-hybridized carbons (Fsp3) is 0.167. The van der Waals surface area contributed by atoms with E-state index in [0.29, 0.717) is 10.7 Å². The van der Waals surface area contributed by atoms with Crippen LogP contribution >= 0.6 is 11.3 Å². The van der Waals surface area contributed by atoms with Crippen molar-refractivity contribution >= 4 is 26.9 Å². The van der Waals surface area contributed by atoms with E-state index in [2.05, 4.69) is 47.5 Å². The topological polar surface area (TPSA) is 55.2 Å². The number of aryl methyl sites for hydroxylation is 2. The molecular weight excluding hydrogens is 410 g/mol. The van der Waals surface area contributed by atoms with Gasteiger partial charge in [-0.15, -0.1) is 11.3 Å². The summed E-state index contributed by atoms with van der Waals surface area (Å²) in [4.78, 5) is 11.0. The highest BCUT2D eigenvalue weighted by molar-refractivity contribution is 7.93. The molecule has 0 aliphatic rings. The molecule has 0 amide bonds. The summed E-state index contributed by atoms with van der Waals surface area (Å²) in [5.41, 5.74) is 4.25. The molecule has 0 aliphatic heterocycles. The SMILES string of the molecule is CCc1nc(-c2cccc(C)c2)c(-c2ccnc(N=S(C)(=O)c3ccccc3)c2)s1. The number of rotatable bonds is 5. The van der Waals surface area contributed by atoms with Crippen molar-refractivity contribution in [3.8, 4) is 21.7 Å². The number of hydrogen-bond acceptors (Lipinski definition) is 5. The van der Waals surface area contributed by atoms with E-state index < -0.39 is 9.73 Å². The lowest BCUT2D eigenvalue weighted by Crippen LogP contribution is -1.96. The average Bonchev–Trinajstić information content (AvgIpc) is 3.19. The maximum atomic E-state index is 13.2. The molecule has 0 bridgehead atoms.